The van der Waals surface area contributed by atoms with Crippen molar-refractivity contribution in [3.05, 3.63) is 35.9 Å². The highest BCUT2D eigenvalue weighted by Gasteiger charge is 2.23. The molecular weight excluding hydrogens is 399 g/mol. The summed E-state index contributed by atoms with van der Waals surface area (Å²) in [5.41, 5.74) is 0.927. The van der Waals surface area contributed by atoms with E-state index in [0.717, 1.165) is 43.4 Å². The second kappa shape index (κ2) is 12.6. The van der Waals surface area contributed by atoms with Crippen molar-refractivity contribution in [1.29, 1.82) is 0 Å². The Balaban J connectivity index is 2.16. The second-order valence-electron chi connectivity index (χ2n) is 5.70. The standard InChI is InChI=1S/C18H25Cl3O3Si/c1-2-13-23-17-10-7-16(8-11-17)9-12-18(22)24-14-5-3-4-6-15-25(19,20)21/h7-12H,2-6,13-15H2,1H3/b12-9+. The van der Waals surface area contributed by atoms with Crippen LogP contribution in [0.2, 0.25) is 6.04 Å². The first-order valence-corrected chi connectivity index (χ1v) is 13.8. The summed E-state index contributed by atoms with van der Waals surface area (Å²) in [6.07, 6.45) is 7.83. The minimum Gasteiger partial charge on any atom is -0.494 e. The van der Waals surface area contributed by atoms with Crippen LogP contribution in [0.3, 0.4) is 0 Å². The van der Waals surface area contributed by atoms with Crippen LogP contribution in [0.4, 0.5) is 0 Å². The van der Waals surface area contributed by atoms with Crippen LogP contribution in [-0.2, 0) is 9.53 Å². The van der Waals surface area contributed by atoms with Crippen LogP contribution >= 0.6 is 33.2 Å². The summed E-state index contributed by atoms with van der Waals surface area (Å²) < 4.78 is 10.7. The summed E-state index contributed by atoms with van der Waals surface area (Å²) in [6, 6.07) is 5.79. The van der Waals surface area contributed by atoms with Crippen LogP contribution in [0.5, 0.6) is 5.75 Å². The highest BCUT2D eigenvalue weighted by molar-refractivity contribution is 7.64. The van der Waals surface area contributed by atoms with E-state index in [1.807, 2.05) is 24.3 Å². The first kappa shape index (κ1) is 22.4. The van der Waals surface area contributed by atoms with Crippen molar-refractivity contribution in [2.75, 3.05) is 13.2 Å². The lowest BCUT2D eigenvalue weighted by Gasteiger charge is -2.07. The van der Waals surface area contributed by atoms with Gasteiger partial charge in [0.15, 0.2) is 0 Å². The largest absolute Gasteiger partial charge is 0.494 e. The normalized spacial score (nSPS) is 11.7. The molecule has 0 N–H and O–H groups in total. The van der Waals surface area contributed by atoms with Gasteiger partial charge in [-0.05, 0) is 42.7 Å². The maximum absolute atomic E-state index is 11.7. The van der Waals surface area contributed by atoms with E-state index < -0.39 is 6.00 Å². The van der Waals surface area contributed by atoms with Crippen molar-refractivity contribution in [3.8, 4) is 5.75 Å². The molecule has 1 aromatic carbocycles. The highest BCUT2D eigenvalue weighted by Crippen LogP contribution is 2.27. The molecule has 0 aliphatic rings. The Morgan fingerprint density at radius 1 is 1.04 bits per heavy atom. The molecule has 0 atom stereocenters. The summed E-state index contributed by atoms with van der Waals surface area (Å²) in [5, 5.41) is 0. The molecule has 3 nitrogen and oxygen atoms in total. The van der Waals surface area contributed by atoms with E-state index in [1.54, 1.807) is 6.08 Å². The molecule has 7 heteroatoms. The lowest BCUT2D eigenvalue weighted by Crippen LogP contribution is -2.07. The van der Waals surface area contributed by atoms with Gasteiger partial charge in [0.1, 0.15) is 5.75 Å². The smallest absolute Gasteiger partial charge is 0.341 e. The summed E-state index contributed by atoms with van der Waals surface area (Å²) >= 11 is 17.5. The Labute approximate surface area is 165 Å². The van der Waals surface area contributed by atoms with Gasteiger partial charge in [-0.15, -0.1) is 33.2 Å². The third kappa shape index (κ3) is 12.3. The van der Waals surface area contributed by atoms with Crippen molar-refractivity contribution in [3.63, 3.8) is 0 Å². The lowest BCUT2D eigenvalue weighted by molar-refractivity contribution is -0.137. The third-order valence-corrected chi connectivity index (χ3v) is 5.99. The van der Waals surface area contributed by atoms with Gasteiger partial charge in [-0.1, -0.05) is 38.3 Å². The second-order valence-corrected chi connectivity index (χ2v) is 15.0. The molecule has 25 heavy (non-hydrogen) atoms. The minimum absolute atomic E-state index is 0.333. The number of hydrogen-bond acceptors (Lipinski definition) is 3. The number of esters is 1. The number of unbranched alkanes of at least 4 members (excludes halogenated alkanes) is 3. The lowest BCUT2D eigenvalue weighted by atomic mass is 10.2. The molecule has 0 aliphatic carbocycles. The first-order valence-electron chi connectivity index (χ1n) is 8.55. The fourth-order valence-electron chi connectivity index (χ4n) is 2.06. The molecule has 0 radical (unpaired) electrons. The molecule has 0 aromatic heterocycles. The van der Waals surface area contributed by atoms with Crippen LogP contribution in [0.25, 0.3) is 6.08 Å². The van der Waals surface area contributed by atoms with Gasteiger partial charge < -0.3 is 9.47 Å². The van der Waals surface area contributed by atoms with E-state index in [4.69, 9.17) is 42.7 Å². The van der Waals surface area contributed by atoms with Crippen molar-refractivity contribution in [2.45, 2.75) is 45.1 Å². The van der Waals surface area contributed by atoms with Gasteiger partial charge in [-0.3, -0.25) is 0 Å². The average molecular weight is 424 g/mol. The van der Waals surface area contributed by atoms with E-state index in [1.165, 1.54) is 6.08 Å². The molecule has 0 amide bonds. The number of rotatable bonds is 12. The molecule has 0 spiro atoms. The zero-order valence-corrected chi connectivity index (χ0v) is 17.7. The van der Waals surface area contributed by atoms with Crippen LogP contribution in [0.1, 0.15) is 44.6 Å². The van der Waals surface area contributed by atoms with Crippen LogP contribution in [0, 0.1) is 0 Å². The van der Waals surface area contributed by atoms with Gasteiger partial charge in [0, 0.05) is 6.08 Å². The van der Waals surface area contributed by atoms with Crippen molar-refractivity contribution in [1.82, 2.24) is 0 Å². The van der Waals surface area contributed by atoms with E-state index in [-0.39, 0.29) is 5.97 Å². The number of carbonyl (C=O) groups excluding carboxylic acids is 1. The highest BCUT2D eigenvalue weighted by atomic mass is 35.8. The molecule has 0 fully saturated rings. The maximum Gasteiger partial charge on any atom is 0.341 e. The van der Waals surface area contributed by atoms with Gasteiger partial charge in [0.25, 0.3) is 0 Å². The van der Waals surface area contributed by atoms with Crippen LogP contribution < -0.4 is 4.74 Å². The molecular formula is C18H25Cl3O3Si. The number of benzene rings is 1. The maximum atomic E-state index is 11.7. The van der Waals surface area contributed by atoms with Gasteiger partial charge in [-0.2, -0.15) is 0 Å². The Kier molecular flexibility index (Phi) is 11.3. The Bertz CT molecular complexity index is 527. The van der Waals surface area contributed by atoms with E-state index in [0.29, 0.717) is 19.3 Å². The van der Waals surface area contributed by atoms with Crippen molar-refractivity contribution < 1.29 is 14.3 Å². The molecule has 1 rings (SSSR count). The number of ether oxygens (including phenoxy) is 2. The van der Waals surface area contributed by atoms with Gasteiger partial charge >= 0.3 is 12.0 Å². The zero-order chi connectivity index (χ0) is 18.5. The number of halogens is 3. The molecule has 0 saturated carbocycles. The quantitative estimate of drug-likeness (QED) is 0.131. The molecule has 0 heterocycles. The summed E-state index contributed by atoms with van der Waals surface area (Å²) in [7, 11) is 0. The monoisotopic (exact) mass is 422 g/mol. The zero-order valence-electron chi connectivity index (χ0n) is 14.5. The third-order valence-electron chi connectivity index (χ3n) is 3.36. The predicted molar refractivity (Wildman–Crippen MR) is 109 cm³/mol. The number of carbonyl (C=O) groups is 1. The average Bonchev–Trinajstić information content (AvgIpc) is 2.57. The molecule has 0 bridgehead atoms. The summed E-state index contributed by atoms with van der Waals surface area (Å²) in [6.45, 7) is 3.18. The minimum atomic E-state index is -2.48. The first-order chi connectivity index (χ1) is 11.9. The van der Waals surface area contributed by atoms with E-state index >= 15 is 0 Å². The molecule has 0 saturated heterocycles. The van der Waals surface area contributed by atoms with Gasteiger partial charge in [0.2, 0.25) is 0 Å². The number of hydrogen-bond donors (Lipinski definition) is 0. The molecule has 1 aromatic rings. The fraction of sp³-hybridized carbons (Fsp3) is 0.500. The Morgan fingerprint density at radius 2 is 1.72 bits per heavy atom. The van der Waals surface area contributed by atoms with Crippen LogP contribution in [-0.4, -0.2) is 25.2 Å². The molecule has 0 aliphatic heterocycles. The summed E-state index contributed by atoms with van der Waals surface area (Å²) in [4.78, 5) is 11.7. The van der Waals surface area contributed by atoms with Gasteiger partial charge in [-0.25, -0.2) is 4.79 Å². The fourth-order valence-corrected chi connectivity index (χ4v) is 3.91. The van der Waals surface area contributed by atoms with Crippen LogP contribution in [0.15, 0.2) is 30.3 Å². The Morgan fingerprint density at radius 3 is 2.36 bits per heavy atom. The molecule has 140 valence electrons. The Hall–Kier alpha value is -0.683. The SMILES string of the molecule is CCCOc1ccc(/C=C/C(=O)OCCCCCC[Si](Cl)(Cl)Cl)cc1. The topological polar surface area (TPSA) is 35.5 Å². The summed E-state index contributed by atoms with van der Waals surface area (Å²) in [5.74, 6) is 0.499. The van der Waals surface area contributed by atoms with E-state index in [2.05, 4.69) is 6.92 Å². The predicted octanol–water partition coefficient (Wildman–Crippen LogP) is 6.25. The van der Waals surface area contributed by atoms with Gasteiger partial charge in [0.05, 0.1) is 13.2 Å². The molecule has 0 unspecified atom stereocenters. The van der Waals surface area contributed by atoms with Crippen molar-refractivity contribution in [2.24, 2.45) is 0 Å². The van der Waals surface area contributed by atoms with E-state index in [9.17, 15) is 4.79 Å². The van der Waals surface area contributed by atoms with Crippen molar-refractivity contribution >= 4 is 51.3 Å².